The molecule has 1 aliphatic heterocycles. The molecule has 8 heteroatoms. The third-order valence-corrected chi connectivity index (χ3v) is 4.77. The fourth-order valence-corrected chi connectivity index (χ4v) is 3.32. The van der Waals surface area contributed by atoms with Gasteiger partial charge in [0.15, 0.2) is 0 Å². The summed E-state index contributed by atoms with van der Waals surface area (Å²) in [6.45, 7) is 2.31. The Labute approximate surface area is 158 Å². The highest BCUT2D eigenvalue weighted by Gasteiger charge is 2.36. The normalized spacial score (nSPS) is 17.4. The highest BCUT2D eigenvalue weighted by atomic mass is 19.4. The molecule has 5 nitrogen and oxygen atoms in total. The molecule has 2 heterocycles. The molecule has 1 aromatic heterocycles. The molecule has 0 aliphatic carbocycles. The van der Waals surface area contributed by atoms with Gasteiger partial charge in [-0.25, -0.2) is 0 Å². The summed E-state index contributed by atoms with van der Waals surface area (Å²) in [5, 5.41) is 3.81. The lowest BCUT2D eigenvalue weighted by molar-refractivity contribution is -0.137. The fourth-order valence-electron chi connectivity index (χ4n) is 3.32. The number of alkyl halides is 3. The van der Waals surface area contributed by atoms with Gasteiger partial charge in [-0.15, -0.1) is 0 Å². The van der Waals surface area contributed by atoms with Crippen molar-refractivity contribution in [1.82, 2.24) is 10.1 Å². The Hall–Kier alpha value is -3.16. The van der Waals surface area contributed by atoms with Gasteiger partial charge in [-0.05, 0) is 30.7 Å². The van der Waals surface area contributed by atoms with E-state index in [0.717, 1.165) is 23.4 Å². The molecule has 0 saturated carbocycles. The van der Waals surface area contributed by atoms with Gasteiger partial charge in [0.05, 0.1) is 11.5 Å². The van der Waals surface area contributed by atoms with Crippen LogP contribution in [0.1, 0.15) is 29.4 Å². The molecule has 4 rings (SSSR count). The monoisotopic (exact) mass is 387 g/mol. The van der Waals surface area contributed by atoms with E-state index in [1.807, 2.05) is 31.2 Å². The maximum absolute atomic E-state index is 12.9. The first-order chi connectivity index (χ1) is 13.3. The van der Waals surface area contributed by atoms with E-state index in [0.29, 0.717) is 6.54 Å². The number of amides is 1. The van der Waals surface area contributed by atoms with Crippen LogP contribution in [-0.4, -0.2) is 22.6 Å². The van der Waals surface area contributed by atoms with Gasteiger partial charge in [0.2, 0.25) is 17.6 Å². The Morgan fingerprint density at radius 1 is 1.14 bits per heavy atom. The Morgan fingerprint density at radius 2 is 1.93 bits per heavy atom. The molecule has 0 bridgehead atoms. The Bertz CT molecular complexity index is 1030. The fraction of sp³-hybridized carbons (Fsp3) is 0.250. The smallest absolute Gasteiger partial charge is 0.339 e. The van der Waals surface area contributed by atoms with Crippen molar-refractivity contribution in [3.05, 3.63) is 65.5 Å². The van der Waals surface area contributed by atoms with Crippen LogP contribution in [0, 0.1) is 6.92 Å². The van der Waals surface area contributed by atoms with Crippen molar-refractivity contribution in [2.24, 2.45) is 0 Å². The molecule has 0 spiro atoms. The van der Waals surface area contributed by atoms with E-state index in [-0.39, 0.29) is 35.5 Å². The molecular weight excluding hydrogens is 371 g/mol. The van der Waals surface area contributed by atoms with E-state index in [1.165, 1.54) is 12.1 Å². The number of carbonyl (C=O) groups is 1. The van der Waals surface area contributed by atoms with Crippen LogP contribution in [0.3, 0.4) is 0 Å². The van der Waals surface area contributed by atoms with Crippen molar-refractivity contribution in [3.8, 4) is 11.4 Å². The van der Waals surface area contributed by atoms with E-state index < -0.39 is 11.7 Å². The highest BCUT2D eigenvalue weighted by molar-refractivity contribution is 5.97. The largest absolute Gasteiger partial charge is 0.416 e. The minimum atomic E-state index is -4.45. The van der Waals surface area contributed by atoms with Gasteiger partial charge in [0.1, 0.15) is 0 Å². The zero-order valence-electron chi connectivity index (χ0n) is 14.9. The zero-order valence-corrected chi connectivity index (χ0v) is 14.9. The van der Waals surface area contributed by atoms with Gasteiger partial charge in [0.25, 0.3) is 0 Å². The first kappa shape index (κ1) is 18.2. The lowest BCUT2D eigenvalue weighted by atomic mass is 10.1. The third-order valence-electron chi connectivity index (χ3n) is 4.77. The van der Waals surface area contributed by atoms with Crippen molar-refractivity contribution < 1.29 is 22.5 Å². The lowest BCUT2D eigenvalue weighted by Gasteiger charge is -2.18. The first-order valence-electron chi connectivity index (χ1n) is 8.70. The van der Waals surface area contributed by atoms with Gasteiger partial charge in [0, 0.05) is 24.2 Å². The van der Waals surface area contributed by atoms with Crippen LogP contribution in [0.5, 0.6) is 0 Å². The third kappa shape index (κ3) is 3.37. The van der Waals surface area contributed by atoms with Gasteiger partial charge in [-0.2, -0.15) is 18.2 Å². The minimum Gasteiger partial charge on any atom is -0.339 e. The van der Waals surface area contributed by atoms with Gasteiger partial charge < -0.3 is 9.42 Å². The average Bonchev–Trinajstić information content (AvgIpc) is 3.29. The standard InChI is InChI=1S/C20H16F3N3O2/c1-12-5-2-3-8-16(12)26-11-14(10-17(26)27)19-24-18(25-28-19)13-6-4-7-15(9-13)20(21,22)23/h2-9,14H,10-11H2,1H3. The predicted molar refractivity (Wildman–Crippen MR) is 95.6 cm³/mol. The first-order valence-corrected chi connectivity index (χ1v) is 8.70. The number of para-hydroxylation sites is 1. The van der Waals surface area contributed by atoms with Crippen LogP contribution in [-0.2, 0) is 11.0 Å². The number of anilines is 1. The summed E-state index contributed by atoms with van der Waals surface area (Å²) in [5.74, 6) is -0.0444. The maximum atomic E-state index is 12.9. The summed E-state index contributed by atoms with van der Waals surface area (Å²) in [6.07, 6.45) is -4.24. The van der Waals surface area contributed by atoms with Crippen LogP contribution in [0.4, 0.5) is 18.9 Å². The molecule has 1 unspecified atom stereocenters. The molecule has 3 aromatic rings. The number of nitrogens with zero attached hydrogens (tertiary/aromatic N) is 3. The minimum absolute atomic E-state index is 0.0573. The Balaban J connectivity index is 1.57. The molecule has 144 valence electrons. The van der Waals surface area contributed by atoms with Crippen molar-refractivity contribution >= 4 is 11.6 Å². The number of benzene rings is 2. The van der Waals surface area contributed by atoms with E-state index >= 15 is 0 Å². The number of rotatable bonds is 3. The number of hydrogen-bond donors (Lipinski definition) is 0. The molecule has 2 aromatic carbocycles. The molecule has 1 fully saturated rings. The Morgan fingerprint density at radius 3 is 2.68 bits per heavy atom. The summed E-state index contributed by atoms with van der Waals surface area (Å²) >= 11 is 0. The topological polar surface area (TPSA) is 59.2 Å². The average molecular weight is 387 g/mol. The van der Waals surface area contributed by atoms with Gasteiger partial charge in [-0.3, -0.25) is 4.79 Å². The zero-order chi connectivity index (χ0) is 19.9. The molecule has 1 atom stereocenters. The summed E-state index contributed by atoms with van der Waals surface area (Å²) in [4.78, 5) is 18.4. The van der Waals surface area contributed by atoms with Crippen LogP contribution in [0.25, 0.3) is 11.4 Å². The second-order valence-corrected chi connectivity index (χ2v) is 6.73. The van der Waals surface area contributed by atoms with Gasteiger partial charge in [-0.1, -0.05) is 35.5 Å². The molecule has 0 radical (unpaired) electrons. The second kappa shape index (κ2) is 6.78. The molecular formula is C20H16F3N3O2. The van der Waals surface area contributed by atoms with E-state index in [2.05, 4.69) is 10.1 Å². The van der Waals surface area contributed by atoms with Crippen molar-refractivity contribution in [2.75, 3.05) is 11.4 Å². The quantitative estimate of drug-likeness (QED) is 0.660. The molecule has 0 N–H and O–H groups in total. The number of aryl methyl sites for hydroxylation is 1. The maximum Gasteiger partial charge on any atom is 0.416 e. The molecule has 28 heavy (non-hydrogen) atoms. The number of carbonyl (C=O) groups excluding carboxylic acids is 1. The lowest BCUT2D eigenvalue weighted by Crippen LogP contribution is -2.25. The van der Waals surface area contributed by atoms with Crippen molar-refractivity contribution in [2.45, 2.75) is 25.4 Å². The number of aromatic nitrogens is 2. The van der Waals surface area contributed by atoms with E-state index in [9.17, 15) is 18.0 Å². The molecule has 1 saturated heterocycles. The summed E-state index contributed by atoms with van der Waals surface area (Å²) < 4.78 is 44.0. The molecule has 1 amide bonds. The van der Waals surface area contributed by atoms with Crippen LogP contribution in [0.15, 0.2) is 53.1 Å². The van der Waals surface area contributed by atoms with Gasteiger partial charge >= 0.3 is 6.18 Å². The van der Waals surface area contributed by atoms with Crippen molar-refractivity contribution in [1.29, 1.82) is 0 Å². The van der Waals surface area contributed by atoms with E-state index in [4.69, 9.17) is 4.52 Å². The Kier molecular flexibility index (Phi) is 4.41. The summed E-state index contributed by atoms with van der Waals surface area (Å²) in [7, 11) is 0. The second-order valence-electron chi connectivity index (χ2n) is 6.73. The van der Waals surface area contributed by atoms with E-state index in [1.54, 1.807) is 4.90 Å². The van der Waals surface area contributed by atoms with Crippen LogP contribution >= 0.6 is 0 Å². The predicted octanol–water partition coefficient (Wildman–Crippen LogP) is 4.58. The highest BCUT2D eigenvalue weighted by Crippen LogP contribution is 2.34. The SMILES string of the molecule is Cc1ccccc1N1CC(c2nc(-c3cccc(C(F)(F)F)c3)no2)CC1=O. The van der Waals surface area contributed by atoms with Crippen LogP contribution < -0.4 is 4.90 Å². The summed E-state index contributed by atoms with van der Waals surface area (Å²) in [5.41, 5.74) is 1.24. The molecule has 1 aliphatic rings. The number of halogens is 3. The summed E-state index contributed by atoms with van der Waals surface area (Å²) in [6, 6.07) is 12.3. The van der Waals surface area contributed by atoms with Crippen molar-refractivity contribution in [3.63, 3.8) is 0 Å². The number of hydrogen-bond acceptors (Lipinski definition) is 4. The van der Waals surface area contributed by atoms with Crippen LogP contribution in [0.2, 0.25) is 0 Å².